The summed E-state index contributed by atoms with van der Waals surface area (Å²) in [6.07, 6.45) is 0. The number of hydrogen-bond acceptors (Lipinski definition) is 5. The van der Waals surface area contributed by atoms with Gasteiger partial charge in [0.05, 0.1) is 5.69 Å². The molecule has 5 nitrogen and oxygen atoms in total. The predicted molar refractivity (Wildman–Crippen MR) is 75.3 cm³/mol. The second-order valence-electron chi connectivity index (χ2n) is 3.67. The lowest BCUT2D eigenvalue weighted by Crippen LogP contribution is -2.13. The van der Waals surface area contributed by atoms with Gasteiger partial charge in [-0.15, -0.1) is 11.3 Å². The fraction of sp³-hybridized carbons (Fsp3) is 0.0833. The Morgan fingerprint density at radius 1 is 1.33 bits per heavy atom. The summed E-state index contributed by atoms with van der Waals surface area (Å²) in [6.45, 7) is 0. The third kappa shape index (κ3) is 3.99. The third-order valence-electron chi connectivity index (χ3n) is 2.27. The lowest BCUT2D eigenvalue weighted by molar-refractivity contribution is 0.0691. The topological polar surface area (TPSA) is 79.3 Å². The van der Waals surface area contributed by atoms with E-state index in [4.69, 9.17) is 5.11 Å². The van der Waals surface area contributed by atoms with Crippen molar-refractivity contribution in [3.63, 3.8) is 0 Å². The Bertz CT molecular complexity index is 676. The lowest BCUT2D eigenvalue weighted by Gasteiger charge is -2.08. The smallest absolute Gasteiger partial charge is 0.355 e. The van der Waals surface area contributed by atoms with Crippen LogP contribution in [-0.4, -0.2) is 27.7 Å². The summed E-state index contributed by atoms with van der Waals surface area (Å²) >= 11 is 1.18. The van der Waals surface area contributed by atoms with Crippen LogP contribution in [-0.2, 0) is 0 Å². The van der Waals surface area contributed by atoms with Gasteiger partial charge in [0.25, 0.3) is 11.7 Å². The van der Waals surface area contributed by atoms with Crippen LogP contribution in [0.4, 0.5) is 14.5 Å². The lowest BCUT2D eigenvalue weighted by atomic mass is 10.3. The zero-order valence-corrected chi connectivity index (χ0v) is 11.9. The molecule has 0 saturated heterocycles. The van der Waals surface area contributed by atoms with Gasteiger partial charge < -0.3 is 10.4 Å². The minimum atomic E-state index is -2.61. The van der Waals surface area contributed by atoms with Crippen molar-refractivity contribution in [1.82, 2.24) is 4.98 Å². The molecule has 0 bridgehead atoms. The van der Waals surface area contributed by atoms with Gasteiger partial charge in [-0.2, -0.15) is 8.78 Å². The number of carboxylic acid groups (broad SMARTS) is 1. The first-order valence-corrected chi connectivity index (χ1v) is 7.27. The molecule has 0 fully saturated rings. The van der Waals surface area contributed by atoms with E-state index in [0.717, 1.165) is 11.3 Å². The second kappa shape index (κ2) is 6.64. The van der Waals surface area contributed by atoms with Gasteiger partial charge in [0, 0.05) is 10.3 Å². The number of carboxylic acids is 1. The van der Waals surface area contributed by atoms with Gasteiger partial charge in [0.2, 0.25) is 0 Å². The molecule has 1 heterocycles. The molecular weight excluding hydrogens is 322 g/mol. The number of nitrogens with zero attached hydrogens (tertiary/aromatic N) is 1. The van der Waals surface area contributed by atoms with Gasteiger partial charge >= 0.3 is 5.97 Å². The number of carbonyl (C=O) groups is 2. The number of halogens is 2. The van der Waals surface area contributed by atoms with Gasteiger partial charge in [-0.3, -0.25) is 4.79 Å². The van der Waals surface area contributed by atoms with Crippen LogP contribution >= 0.6 is 23.1 Å². The van der Waals surface area contributed by atoms with Crippen LogP contribution in [0.3, 0.4) is 0 Å². The van der Waals surface area contributed by atoms with Crippen LogP contribution in [0.25, 0.3) is 0 Å². The molecule has 0 spiro atoms. The molecule has 1 aromatic heterocycles. The molecule has 2 N–H and O–H groups in total. The minimum Gasteiger partial charge on any atom is -0.476 e. The second-order valence-corrected chi connectivity index (χ2v) is 5.56. The van der Waals surface area contributed by atoms with E-state index in [1.54, 1.807) is 12.1 Å². The van der Waals surface area contributed by atoms with Crippen molar-refractivity contribution in [1.29, 1.82) is 0 Å². The van der Waals surface area contributed by atoms with Crippen molar-refractivity contribution in [2.24, 2.45) is 0 Å². The molecule has 1 aromatic carbocycles. The number of alkyl halides is 2. The Morgan fingerprint density at radius 2 is 2.05 bits per heavy atom. The van der Waals surface area contributed by atoms with E-state index in [-0.39, 0.29) is 21.3 Å². The molecule has 9 heteroatoms. The molecule has 0 aliphatic heterocycles. The minimum absolute atomic E-state index is 0.0516. The van der Waals surface area contributed by atoms with Crippen LogP contribution in [0, 0.1) is 0 Å². The molecule has 2 aromatic rings. The van der Waals surface area contributed by atoms with Crippen LogP contribution in [0.5, 0.6) is 0 Å². The molecule has 1 amide bonds. The van der Waals surface area contributed by atoms with Gasteiger partial charge in [0.15, 0.2) is 10.7 Å². The number of nitrogens with one attached hydrogen (secondary N) is 1. The monoisotopic (exact) mass is 330 g/mol. The van der Waals surface area contributed by atoms with Crippen molar-refractivity contribution in [3.8, 4) is 0 Å². The van der Waals surface area contributed by atoms with Crippen LogP contribution < -0.4 is 5.32 Å². The Hall–Kier alpha value is -2.00. The number of aromatic carboxylic acids is 1. The Morgan fingerprint density at radius 3 is 2.67 bits per heavy atom. The third-order valence-corrected chi connectivity index (χ3v) is 3.90. The molecule has 0 atom stereocenters. The number of aromatic nitrogens is 1. The van der Waals surface area contributed by atoms with Crippen molar-refractivity contribution in [2.45, 2.75) is 10.7 Å². The summed E-state index contributed by atoms with van der Waals surface area (Å²) < 4.78 is 24.9. The van der Waals surface area contributed by atoms with E-state index in [9.17, 15) is 18.4 Å². The number of thioether (sulfide) groups is 1. The van der Waals surface area contributed by atoms with Crippen molar-refractivity contribution < 1.29 is 23.5 Å². The molecular formula is C12H8F2N2O3S2. The highest BCUT2D eigenvalue weighted by molar-refractivity contribution is 7.99. The molecule has 0 aliphatic carbocycles. The van der Waals surface area contributed by atoms with Gasteiger partial charge in [-0.1, -0.05) is 23.9 Å². The number of rotatable bonds is 5. The highest BCUT2D eigenvalue weighted by atomic mass is 32.2. The summed E-state index contributed by atoms with van der Waals surface area (Å²) in [6, 6.07) is 6.10. The van der Waals surface area contributed by atoms with Gasteiger partial charge in [0.1, 0.15) is 0 Å². The Kier molecular flexibility index (Phi) is 4.86. The highest BCUT2D eigenvalue weighted by Crippen LogP contribution is 2.31. The van der Waals surface area contributed by atoms with Crippen molar-refractivity contribution in [3.05, 3.63) is 40.3 Å². The van der Waals surface area contributed by atoms with Crippen LogP contribution in [0.15, 0.2) is 34.5 Å². The Labute approximate surface area is 126 Å². The molecule has 0 unspecified atom stereocenters. The number of thiazole rings is 1. The fourth-order valence-corrected chi connectivity index (χ4v) is 2.70. The average Bonchev–Trinajstić information content (AvgIpc) is 2.90. The molecule has 2 rings (SSSR count). The zero-order chi connectivity index (χ0) is 15.4. The molecule has 110 valence electrons. The number of hydrogen-bond donors (Lipinski definition) is 2. The van der Waals surface area contributed by atoms with Crippen LogP contribution in [0.2, 0.25) is 0 Å². The predicted octanol–water partition coefficient (Wildman–Crippen LogP) is 3.41. The largest absolute Gasteiger partial charge is 0.476 e. The first kappa shape index (κ1) is 15.4. The highest BCUT2D eigenvalue weighted by Gasteiger charge is 2.17. The number of anilines is 1. The molecule has 21 heavy (non-hydrogen) atoms. The first-order chi connectivity index (χ1) is 9.97. The normalized spacial score (nSPS) is 10.6. The maximum absolute atomic E-state index is 12.4. The van der Waals surface area contributed by atoms with E-state index in [1.807, 2.05) is 0 Å². The molecule has 0 saturated carbocycles. The maximum atomic E-state index is 12.4. The first-order valence-electron chi connectivity index (χ1n) is 5.51. The zero-order valence-electron chi connectivity index (χ0n) is 10.2. The summed E-state index contributed by atoms with van der Waals surface area (Å²) in [5.41, 5.74) is -0.0136. The average molecular weight is 330 g/mol. The van der Waals surface area contributed by atoms with Gasteiger partial charge in [-0.25, -0.2) is 9.78 Å². The van der Waals surface area contributed by atoms with E-state index < -0.39 is 17.6 Å². The van der Waals surface area contributed by atoms with E-state index >= 15 is 0 Å². The molecule has 0 aliphatic rings. The fourth-order valence-electron chi connectivity index (χ4n) is 1.42. The maximum Gasteiger partial charge on any atom is 0.355 e. The quantitative estimate of drug-likeness (QED) is 0.821. The van der Waals surface area contributed by atoms with Crippen molar-refractivity contribution >= 4 is 40.7 Å². The summed E-state index contributed by atoms with van der Waals surface area (Å²) in [5, 5.41) is 12.4. The van der Waals surface area contributed by atoms with E-state index in [2.05, 4.69) is 10.3 Å². The number of carbonyl (C=O) groups excluding carboxylic acids is 1. The number of benzene rings is 1. The molecule has 0 radical (unpaired) electrons. The Balaban J connectivity index is 2.17. The summed E-state index contributed by atoms with van der Waals surface area (Å²) in [4.78, 5) is 26.5. The summed E-state index contributed by atoms with van der Waals surface area (Å²) in [5.74, 6) is -4.49. The van der Waals surface area contributed by atoms with E-state index in [1.165, 1.54) is 17.5 Å². The SMILES string of the molecule is O=C(O)c1csc(C(=O)Nc2ccccc2SC(F)F)n1. The standard InChI is InChI=1S/C12H8F2N2O3S2/c13-12(14)21-8-4-2-1-3-6(8)15-9(17)10-16-7(5-20-10)11(18)19/h1-5,12H,(H,15,17)(H,18,19). The number of para-hydroxylation sites is 1. The van der Waals surface area contributed by atoms with E-state index in [0.29, 0.717) is 11.8 Å². The van der Waals surface area contributed by atoms with Crippen LogP contribution in [0.1, 0.15) is 20.3 Å². The van der Waals surface area contributed by atoms with Gasteiger partial charge in [-0.05, 0) is 12.1 Å². The summed E-state index contributed by atoms with van der Waals surface area (Å²) in [7, 11) is 0. The van der Waals surface area contributed by atoms with Crippen molar-refractivity contribution in [2.75, 3.05) is 5.32 Å². The number of amides is 1.